The van der Waals surface area contributed by atoms with Gasteiger partial charge in [-0.2, -0.15) is 5.10 Å². The normalized spacial score (nSPS) is 10.9. The lowest BCUT2D eigenvalue weighted by molar-refractivity contribution is 0.321. The van der Waals surface area contributed by atoms with Crippen molar-refractivity contribution in [3.05, 3.63) is 30.3 Å². The van der Waals surface area contributed by atoms with E-state index in [0.29, 0.717) is 34.7 Å². The van der Waals surface area contributed by atoms with Crippen molar-refractivity contribution in [1.29, 1.82) is 0 Å². The molecule has 0 spiro atoms. The van der Waals surface area contributed by atoms with Crippen LogP contribution in [0.25, 0.3) is 22.3 Å². The molecule has 7 heteroatoms. The maximum atomic E-state index is 13.9. The number of ether oxygens (including phenoxy) is 1. The molecular formula is C13H12FN5O. The molecule has 0 fully saturated rings. The molecule has 0 atom stereocenters. The first-order valence-corrected chi connectivity index (χ1v) is 6.08. The molecule has 2 aromatic heterocycles. The van der Waals surface area contributed by atoms with Crippen LogP contribution in [0.5, 0.6) is 5.75 Å². The van der Waals surface area contributed by atoms with Crippen LogP contribution in [0.2, 0.25) is 0 Å². The van der Waals surface area contributed by atoms with Crippen LogP contribution in [0.4, 0.5) is 10.2 Å². The molecule has 3 aromatic rings. The second-order valence-corrected chi connectivity index (χ2v) is 4.13. The van der Waals surface area contributed by atoms with Gasteiger partial charge in [-0.1, -0.05) is 0 Å². The first-order chi connectivity index (χ1) is 9.70. The van der Waals surface area contributed by atoms with Crippen LogP contribution in [-0.4, -0.2) is 26.8 Å². The van der Waals surface area contributed by atoms with Crippen molar-refractivity contribution in [3.63, 3.8) is 0 Å². The number of hydrogen-bond acceptors (Lipinski definition) is 5. The zero-order chi connectivity index (χ0) is 14.1. The third-order valence-electron chi connectivity index (χ3n) is 2.90. The second kappa shape index (κ2) is 4.76. The SMILES string of the molecule is CCOc1ccc(-c2[nH]nc3ncnc(N)c23)cc1F. The number of H-pyrrole nitrogens is 1. The second-order valence-electron chi connectivity index (χ2n) is 4.13. The molecule has 0 unspecified atom stereocenters. The molecule has 0 aliphatic rings. The van der Waals surface area contributed by atoms with Gasteiger partial charge in [0.2, 0.25) is 0 Å². The van der Waals surface area contributed by atoms with Crippen LogP contribution in [0.1, 0.15) is 6.92 Å². The summed E-state index contributed by atoms with van der Waals surface area (Å²) in [6, 6.07) is 4.67. The van der Waals surface area contributed by atoms with E-state index in [1.165, 1.54) is 12.4 Å². The lowest BCUT2D eigenvalue weighted by Gasteiger charge is -2.06. The smallest absolute Gasteiger partial charge is 0.186 e. The summed E-state index contributed by atoms with van der Waals surface area (Å²) in [5, 5.41) is 7.42. The van der Waals surface area contributed by atoms with E-state index in [9.17, 15) is 4.39 Å². The quantitative estimate of drug-likeness (QED) is 0.763. The van der Waals surface area contributed by atoms with E-state index in [-0.39, 0.29) is 5.75 Å². The van der Waals surface area contributed by atoms with Crippen molar-refractivity contribution >= 4 is 16.9 Å². The number of halogens is 1. The number of nitrogen functional groups attached to an aromatic ring is 1. The number of benzene rings is 1. The number of nitrogens with zero attached hydrogens (tertiary/aromatic N) is 3. The topological polar surface area (TPSA) is 89.7 Å². The van der Waals surface area contributed by atoms with Crippen LogP contribution in [0, 0.1) is 5.82 Å². The highest BCUT2D eigenvalue weighted by atomic mass is 19.1. The van der Waals surface area contributed by atoms with E-state index in [0.717, 1.165) is 0 Å². The molecule has 0 amide bonds. The van der Waals surface area contributed by atoms with Gasteiger partial charge in [0.25, 0.3) is 0 Å². The lowest BCUT2D eigenvalue weighted by atomic mass is 10.1. The zero-order valence-electron chi connectivity index (χ0n) is 10.7. The van der Waals surface area contributed by atoms with Crippen molar-refractivity contribution in [2.45, 2.75) is 6.92 Å². The number of anilines is 1. The van der Waals surface area contributed by atoms with E-state index >= 15 is 0 Å². The number of nitrogens with two attached hydrogens (primary N) is 1. The predicted molar refractivity (Wildman–Crippen MR) is 72.7 cm³/mol. The van der Waals surface area contributed by atoms with Crippen molar-refractivity contribution in [2.24, 2.45) is 0 Å². The zero-order valence-corrected chi connectivity index (χ0v) is 10.7. The molecule has 0 aliphatic heterocycles. The minimum absolute atomic E-state index is 0.212. The Kier molecular flexibility index (Phi) is 2.94. The fraction of sp³-hybridized carbons (Fsp3) is 0.154. The van der Waals surface area contributed by atoms with E-state index in [2.05, 4.69) is 20.2 Å². The van der Waals surface area contributed by atoms with Gasteiger partial charge in [-0.3, -0.25) is 5.10 Å². The Morgan fingerprint density at radius 2 is 2.20 bits per heavy atom. The van der Waals surface area contributed by atoms with Crippen LogP contribution in [0.3, 0.4) is 0 Å². The maximum Gasteiger partial charge on any atom is 0.186 e. The molecule has 20 heavy (non-hydrogen) atoms. The molecule has 0 saturated carbocycles. The number of aromatic nitrogens is 4. The van der Waals surface area contributed by atoms with Crippen molar-refractivity contribution in [3.8, 4) is 17.0 Å². The largest absolute Gasteiger partial charge is 0.491 e. The molecule has 102 valence electrons. The van der Waals surface area contributed by atoms with Crippen LogP contribution in [0.15, 0.2) is 24.5 Å². The molecule has 3 rings (SSSR count). The van der Waals surface area contributed by atoms with E-state index in [4.69, 9.17) is 10.5 Å². The Balaban J connectivity index is 2.14. The lowest BCUT2D eigenvalue weighted by Crippen LogP contribution is -1.95. The summed E-state index contributed by atoms with van der Waals surface area (Å²) < 4.78 is 19.1. The number of rotatable bonds is 3. The Morgan fingerprint density at radius 3 is 2.95 bits per heavy atom. The molecule has 3 N–H and O–H groups in total. The molecule has 1 aromatic carbocycles. The van der Waals surface area contributed by atoms with Crippen molar-refractivity contribution < 1.29 is 9.13 Å². The van der Waals surface area contributed by atoms with Gasteiger partial charge in [0.05, 0.1) is 17.7 Å². The van der Waals surface area contributed by atoms with Gasteiger partial charge >= 0.3 is 0 Å². The molecule has 0 saturated heterocycles. The minimum Gasteiger partial charge on any atom is -0.491 e. The summed E-state index contributed by atoms with van der Waals surface area (Å²) >= 11 is 0. The first kappa shape index (κ1) is 12.3. The van der Waals surface area contributed by atoms with Gasteiger partial charge < -0.3 is 10.5 Å². The molecular weight excluding hydrogens is 261 g/mol. The van der Waals surface area contributed by atoms with Gasteiger partial charge in [0, 0.05) is 5.56 Å². The Labute approximate surface area is 113 Å². The average Bonchev–Trinajstić information content (AvgIpc) is 2.87. The summed E-state index contributed by atoms with van der Waals surface area (Å²) in [4.78, 5) is 7.93. The van der Waals surface area contributed by atoms with Gasteiger partial charge in [-0.25, -0.2) is 14.4 Å². The first-order valence-electron chi connectivity index (χ1n) is 6.08. The van der Waals surface area contributed by atoms with E-state index < -0.39 is 5.82 Å². The summed E-state index contributed by atoms with van der Waals surface area (Å²) in [6.07, 6.45) is 1.33. The third kappa shape index (κ3) is 1.93. The van der Waals surface area contributed by atoms with Crippen LogP contribution in [-0.2, 0) is 0 Å². The van der Waals surface area contributed by atoms with Gasteiger partial charge in [-0.15, -0.1) is 0 Å². The monoisotopic (exact) mass is 273 g/mol. The summed E-state index contributed by atoms with van der Waals surface area (Å²) in [5.74, 6) is 0.0693. The average molecular weight is 273 g/mol. The predicted octanol–water partition coefficient (Wildman–Crippen LogP) is 2.14. The fourth-order valence-electron chi connectivity index (χ4n) is 2.02. The van der Waals surface area contributed by atoms with Crippen LogP contribution < -0.4 is 10.5 Å². The van der Waals surface area contributed by atoms with Gasteiger partial charge in [0.1, 0.15) is 12.1 Å². The maximum absolute atomic E-state index is 13.9. The third-order valence-corrected chi connectivity index (χ3v) is 2.90. The summed E-state index contributed by atoms with van der Waals surface area (Å²) in [5.41, 5.74) is 7.46. The fourth-order valence-corrected chi connectivity index (χ4v) is 2.02. The minimum atomic E-state index is -0.442. The summed E-state index contributed by atoms with van der Waals surface area (Å²) in [6.45, 7) is 2.21. The molecule has 6 nitrogen and oxygen atoms in total. The molecule has 0 bridgehead atoms. The Morgan fingerprint density at radius 1 is 1.35 bits per heavy atom. The highest BCUT2D eigenvalue weighted by Gasteiger charge is 2.14. The highest BCUT2D eigenvalue weighted by molar-refractivity contribution is 5.97. The number of hydrogen-bond donors (Lipinski definition) is 2. The molecule has 2 heterocycles. The van der Waals surface area contributed by atoms with E-state index in [1.807, 2.05) is 0 Å². The molecule has 0 radical (unpaired) electrons. The van der Waals surface area contributed by atoms with Crippen LogP contribution >= 0.6 is 0 Å². The Bertz CT molecular complexity index is 771. The van der Waals surface area contributed by atoms with Gasteiger partial charge in [0.15, 0.2) is 17.2 Å². The number of aromatic amines is 1. The van der Waals surface area contributed by atoms with Gasteiger partial charge in [-0.05, 0) is 25.1 Å². The Hall–Kier alpha value is -2.70. The van der Waals surface area contributed by atoms with E-state index in [1.54, 1.807) is 19.1 Å². The summed E-state index contributed by atoms with van der Waals surface area (Å²) in [7, 11) is 0. The highest BCUT2D eigenvalue weighted by Crippen LogP contribution is 2.30. The number of nitrogens with one attached hydrogen (secondary N) is 1. The van der Waals surface area contributed by atoms with Crippen molar-refractivity contribution in [2.75, 3.05) is 12.3 Å². The standard InChI is InChI=1S/C13H12FN5O/c1-2-20-9-4-3-7(5-8(9)14)11-10-12(15)16-6-17-13(10)19-18-11/h3-6H,2H2,1H3,(H3,15,16,17,18,19). The van der Waals surface area contributed by atoms with Crippen molar-refractivity contribution in [1.82, 2.24) is 20.2 Å². The molecule has 0 aliphatic carbocycles. The number of fused-ring (bicyclic) bond motifs is 1.